The lowest BCUT2D eigenvalue weighted by Gasteiger charge is -2.15. The van der Waals surface area contributed by atoms with Crippen molar-refractivity contribution in [3.63, 3.8) is 0 Å². The number of rotatable bonds is 1. The zero-order chi connectivity index (χ0) is 13.6. The van der Waals surface area contributed by atoms with Crippen molar-refractivity contribution >= 4 is 0 Å². The van der Waals surface area contributed by atoms with E-state index < -0.39 is 5.60 Å². The Balaban J connectivity index is 2.15. The monoisotopic (exact) mass is 246 g/mol. The molecule has 92 valence electrons. The van der Waals surface area contributed by atoms with Gasteiger partial charge >= 0.3 is 0 Å². The number of hydrogen-bond acceptors (Lipinski definition) is 1. The Kier molecular flexibility index (Phi) is 4.04. The van der Waals surface area contributed by atoms with Crippen LogP contribution >= 0.6 is 0 Å². The summed E-state index contributed by atoms with van der Waals surface area (Å²) in [7, 11) is 0. The summed E-state index contributed by atoms with van der Waals surface area (Å²) in [5.41, 5.74) is 0.507. The van der Waals surface area contributed by atoms with Crippen LogP contribution in [0.1, 0.15) is 18.1 Å². The molecule has 1 unspecified atom stereocenters. The third-order valence-corrected chi connectivity index (χ3v) is 2.68. The molecule has 0 radical (unpaired) electrons. The quantitative estimate of drug-likeness (QED) is 0.767. The summed E-state index contributed by atoms with van der Waals surface area (Å²) in [5, 5.41) is 10.2. The standard InChI is InChI=1S/C18H14O/c1-18(19,17-13-6-3-7-14-17)15-9-8-12-16-10-4-2-5-11-16/h2-7,10-11,13-14,19H,1H3. The molecule has 0 aromatic heterocycles. The minimum absolute atomic E-state index is 0.768. The second kappa shape index (κ2) is 5.91. The van der Waals surface area contributed by atoms with Crippen molar-refractivity contribution in [3.05, 3.63) is 71.8 Å². The van der Waals surface area contributed by atoms with Gasteiger partial charge in [-0.15, -0.1) is 0 Å². The fourth-order valence-corrected chi connectivity index (χ4v) is 1.61. The Morgan fingerprint density at radius 2 is 1.42 bits per heavy atom. The van der Waals surface area contributed by atoms with Gasteiger partial charge in [0.15, 0.2) is 0 Å². The Labute approximate surface area is 113 Å². The van der Waals surface area contributed by atoms with Gasteiger partial charge in [-0.2, -0.15) is 0 Å². The van der Waals surface area contributed by atoms with Gasteiger partial charge in [-0.1, -0.05) is 54.5 Å². The highest BCUT2D eigenvalue weighted by Crippen LogP contribution is 2.18. The normalized spacial score (nSPS) is 12.3. The van der Waals surface area contributed by atoms with Gasteiger partial charge < -0.3 is 5.11 Å². The lowest BCUT2D eigenvalue weighted by Crippen LogP contribution is -2.17. The molecule has 1 N–H and O–H groups in total. The minimum atomic E-state index is -1.17. The van der Waals surface area contributed by atoms with Crippen molar-refractivity contribution in [1.82, 2.24) is 0 Å². The molecule has 2 aromatic carbocycles. The van der Waals surface area contributed by atoms with Crippen LogP contribution in [0.5, 0.6) is 0 Å². The molecule has 0 aliphatic rings. The van der Waals surface area contributed by atoms with Crippen LogP contribution in [-0.2, 0) is 5.60 Å². The van der Waals surface area contributed by atoms with Crippen molar-refractivity contribution in [2.45, 2.75) is 12.5 Å². The average molecular weight is 246 g/mol. The average Bonchev–Trinajstić information content (AvgIpc) is 2.46. The van der Waals surface area contributed by atoms with Crippen molar-refractivity contribution in [1.29, 1.82) is 0 Å². The van der Waals surface area contributed by atoms with Gasteiger partial charge in [-0.05, 0) is 42.4 Å². The highest BCUT2D eigenvalue weighted by atomic mass is 16.3. The molecule has 0 aliphatic carbocycles. The Morgan fingerprint density at radius 1 is 0.842 bits per heavy atom. The van der Waals surface area contributed by atoms with Crippen LogP contribution in [0.15, 0.2) is 60.7 Å². The molecule has 1 atom stereocenters. The molecule has 0 amide bonds. The predicted molar refractivity (Wildman–Crippen MR) is 77.1 cm³/mol. The molecular weight excluding hydrogens is 232 g/mol. The van der Waals surface area contributed by atoms with Gasteiger partial charge in [0.05, 0.1) is 0 Å². The predicted octanol–water partition coefficient (Wildman–Crippen LogP) is 2.95. The Morgan fingerprint density at radius 3 is 2.05 bits per heavy atom. The van der Waals surface area contributed by atoms with Gasteiger partial charge in [0, 0.05) is 5.56 Å². The van der Waals surface area contributed by atoms with Crippen LogP contribution < -0.4 is 0 Å². The van der Waals surface area contributed by atoms with E-state index in [2.05, 4.69) is 23.7 Å². The van der Waals surface area contributed by atoms with Gasteiger partial charge in [-0.3, -0.25) is 0 Å². The topological polar surface area (TPSA) is 20.2 Å². The lowest BCUT2D eigenvalue weighted by atomic mass is 9.97. The van der Waals surface area contributed by atoms with Gasteiger partial charge in [-0.25, -0.2) is 0 Å². The van der Waals surface area contributed by atoms with Crippen molar-refractivity contribution in [2.24, 2.45) is 0 Å². The molecule has 0 fully saturated rings. The van der Waals surface area contributed by atoms with Crippen molar-refractivity contribution in [3.8, 4) is 23.7 Å². The fourth-order valence-electron chi connectivity index (χ4n) is 1.61. The second-order valence-electron chi connectivity index (χ2n) is 4.30. The minimum Gasteiger partial charge on any atom is -0.374 e. The third-order valence-electron chi connectivity index (χ3n) is 2.68. The summed E-state index contributed by atoms with van der Waals surface area (Å²) in [5.74, 6) is 11.2. The molecule has 0 saturated carbocycles. The first-order valence-corrected chi connectivity index (χ1v) is 6.04. The number of hydrogen-bond donors (Lipinski definition) is 1. The molecular formula is C18H14O. The first kappa shape index (κ1) is 13.0. The number of benzene rings is 2. The zero-order valence-electron chi connectivity index (χ0n) is 10.7. The van der Waals surface area contributed by atoms with Gasteiger partial charge in [0.1, 0.15) is 5.60 Å². The first-order valence-electron chi connectivity index (χ1n) is 6.04. The number of aliphatic hydroxyl groups is 1. The zero-order valence-corrected chi connectivity index (χ0v) is 10.7. The second-order valence-corrected chi connectivity index (χ2v) is 4.30. The van der Waals surface area contributed by atoms with Crippen LogP contribution in [0.4, 0.5) is 0 Å². The summed E-state index contributed by atoms with van der Waals surface area (Å²) >= 11 is 0. The van der Waals surface area contributed by atoms with E-state index in [0.29, 0.717) is 0 Å². The lowest BCUT2D eigenvalue weighted by molar-refractivity contribution is 0.122. The smallest absolute Gasteiger partial charge is 0.149 e. The molecule has 1 nitrogen and oxygen atoms in total. The van der Waals surface area contributed by atoms with Crippen LogP contribution in [0.2, 0.25) is 0 Å². The maximum atomic E-state index is 10.2. The van der Waals surface area contributed by atoms with E-state index in [-0.39, 0.29) is 0 Å². The van der Waals surface area contributed by atoms with E-state index in [1.54, 1.807) is 6.92 Å². The van der Waals surface area contributed by atoms with Crippen LogP contribution in [0, 0.1) is 23.7 Å². The molecule has 0 bridgehead atoms. The Bertz CT molecular complexity index is 647. The molecule has 19 heavy (non-hydrogen) atoms. The van der Waals surface area contributed by atoms with E-state index >= 15 is 0 Å². The third kappa shape index (κ3) is 3.75. The summed E-state index contributed by atoms with van der Waals surface area (Å²) in [6, 6.07) is 19.0. The van der Waals surface area contributed by atoms with Crippen molar-refractivity contribution in [2.75, 3.05) is 0 Å². The van der Waals surface area contributed by atoms with Gasteiger partial charge in [0.2, 0.25) is 0 Å². The molecule has 0 saturated heterocycles. The van der Waals surface area contributed by atoms with Crippen molar-refractivity contribution < 1.29 is 5.11 Å². The summed E-state index contributed by atoms with van der Waals surface area (Å²) in [6.45, 7) is 1.67. The van der Waals surface area contributed by atoms with Crippen LogP contribution in [0.25, 0.3) is 0 Å². The highest BCUT2D eigenvalue weighted by molar-refractivity contribution is 5.42. The Hall–Kier alpha value is -2.48. The van der Waals surface area contributed by atoms with E-state index in [1.807, 2.05) is 60.7 Å². The fraction of sp³-hybridized carbons (Fsp3) is 0.111. The maximum absolute atomic E-state index is 10.2. The van der Waals surface area contributed by atoms with E-state index in [0.717, 1.165) is 11.1 Å². The molecule has 1 heteroatoms. The molecule has 2 rings (SSSR count). The molecule has 0 heterocycles. The van der Waals surface area contributed by atoms with E-state index in [1.165, 1.54) is 0 Å². The summed E-state index contributed by atoms with van der Waals surface area (Å²) < 4.78 is 0. The largest absolute Gasteiger partial charge is 0.374 e. The first-order chi connectivity index (χ1) is 9.18. The molecule has 2 aromatic rings. The highest BCUT2D eigenvalue weighted by Gasteiger charge is 2.18. The maximum Gasteiger partial charge on any atom is 0.149 e. The van der Waals surface area contributed by atoms with Crippen LogP contribution in [-0.4, -0.2) is 5.11 Å². The van der Waals surface area contributed by atoms with Crippen LogP contribution in [0.3, 0.4) is 0 Å². The van der Waals surface area contributed by atoms with E-state index in [4.69, 9.17) is 0 Å². The molecule has 0 aliphatic heterocycles. The SMILES string of the molecule is CC(O)(C#CC#Cc1ccccc1)c1ccccc1. The molecule has 0 spiro atoms. The van der Waals surface area contributed by atoms with E-state index in [9.17, 15) is 5.11 Å². The summed E-state index contributed by atoms with van der Waals surface area (Å²) in [4.78, 5) is 0. The summed E-state index contributed by atoms with van der Waals surface area (Å²) in [6.07, 6.45) is 0. The van der Waals surface area contributed by atoms with Gasteiger partial charge in [0.25, 0.3) is 0 Å².